The second-order valence-corrected chi connectivity index (χ2v) is 10.0. The van der Waals surface area contributed by atoms with Crippen LogP contribution >= 0.6 is 23.4 Å². The number of nitrogens with one attached hydrogen (secondary N) is 2. The molecule has 144 valence electrons. The number of fused-ring (bicyclic) bond motifs is 1. The number of hydrogen-bond donors (Lipinski definition) is 2. The van der Waals surface area contributed by atoms with Crippen LogP contribution in [0.2, 0.25) is 5.02 Å². The van der Waals surface area contributed by atoms with Crippen molar-refractivity contribution in [1.82, 2.24) is 14.9 Å². The van der Waals surface area contributed by atoms with Crippen molar-refractivity contribution in [2.24, 2.45) is 0 Å². The molecule has 0 bridgehead atoms. The van der Waals surface area contributed by atoms with Crippen molar-refractivity contribution in [2.45, 2.75) is 43.0 Å². The predicted octanol–water partition coefficient (Wildman–Crippen LogP) is 4.58. The van der Waals surface area contributed by atoms with Crippen LogP contribution in [0.15, 0.2) is 11.2 Å². The van der Waals surface area contributed by atoms with Gasteiger partial charge in [0, 0.05) is 32.0 Å². The number of anilines is 1. The molecule has 0 amide bonds. The van der Waals surface area contributed by atoms with Gasteiger partial charge < -0.3 is 19.9 Å². The standard InChI is InChI=1S/C19H29ClN4OS/c1-19(2,3)26-18-22-14-10-13(15(20)17(21-4)16(14)23-18)12-6-7-24(11-12)8-9-25-5/h10,12,21H,6-9,11H2,1-5H3,(H,22,23). The number of aromatic amines is 1. The zero-order chi connectivity index (χ0) is 18.9. The molecule has 1 atom stereocenters. The molecule has 1 unspecified atom stereocenters. The summed E-state index contributed by atoms with van der Waals surface area (Å²) in [5.74, 6) is 0.436. The smallest absolute Gasteiger partial charge is 0.166 e. The number of hydrogen-bond acceptors (Lipinski definition) is 5. The zero-order valence-electron chi connectivity index (χ0n) is 16.3. The molecule has 1 aliphatic rings. The van der Waals surface area contributed by atoms with E-state index < -0.39 is 0 Å². The van der Waals surface area contributed by atoms with E-state index in [1.165, 1.54) is 5.56 Å². The topological polar surface area (TPSA) is 53.2 Å². The van der Waals surface area contributed by atoms with E-state index in [4.69, 9.17) is 21.3 Å². The molecule has 5 nitrogen and oxygen atoms in total. The van der Waals surface area contributed by atoms with E-state index in [2.05, 4.69) is 42.0 Å². The molecule has 1 aromatic carbocycles. The molecule has 1 aromatic heterocycles. The van der Waals surface area contributed by atoms with Gasteiger partial charge >= 0.3 is 0 Å². The molecule has 0 spiro atoms. The van der Waals surface area contributed by atoms with Crippen LogP contribution in [-0.2, 0) is 4.74 Å². The number of likely N-dealkylation sites (tertiary alicyclic amines) is 1. The maximum Gasteiger partial charge on any atom is 0.166 e. The van der Waals surface area contributed by atoms with Gasteiger partial charge in [0.1, 0.15) is 0 Å². The van der Waals surface area contributed by atoms with Gasteiger partial charge in [0.2, 0.25) is 0 Å². The van der Waals surface area contributed by atoms with Crippen molar-refractivity contribution in [3.05, 3.63) is 16.7 Å². The number of H-pyrrole nitrogens is 1. The minimum Gasteiger partial charge on any atom is -0.385 e. The first kappa shape index (κ1) is 19.8. The molecule has 0 radical (unpaired) electrons. The summed E-state index contributed by atoms with van der Waals surface area (Å²) in [6, 6.07) is 2.17. The first-order valence-electron chi connectivity index (χ1n) is 9.12. The van der Waals surface area contributed by atoms with Crippen LogP contribution in [0.1, 0.15) is 38.7 Å². The van der Waals surface area contributed by atoms with Gasteiger partial charge in [-0.2, -0.15) is 0 Å². The van der Waals surface area contributed by atoms with E-state index in [1.54, 1.807) is 18.9 Å². The Kier molecular flexibility index (Phi) is 6.07. The summed E-state index contributed by atoms with van der Waals surface area (Å²) < 4.78 is 5.32. The first-order chi connectivity index (χ1) is 12.3. The molecule has 1 saturated heterocycles. The zero-order valence-corrected chi connectivity index (χ0v) is 17.9. The summed E-state index contributed by atoms with van der Waals surface area (Å²) in [4.78, 5) is 10.7. The number of rotatable bonds is 6. The maximum absolute atomic E-state index is 6.80. The second kappa shape index (κ2) is 7.97. The lowest BCUT2D eigenvalue weighted by Crippen LogP contribution is -2.24. The van der Waals surface area contributed by atoms with E-state index >= 15 is 0 Å². The van der Waals surface area contributed by atoms with Gasteiger partial charge in [-0.1, -0.05) is 44.1 Å². The summed E-state index contributed by atoms with van der Waals surface area (Å²) in [6.07, 6.45) is 1.12. The summed E-state index contributed by atoms with van der Waals surface area (Å²) in [7, 11) is 3.67. The third-order valence-electron chi connectivity index (χ3n) is 4.70. The Hall–Kier alpha value is -0.950. The number of benzene rings is 1. The summed E-state index contributed by atoms with van der Waals surface area (Å²) in [6.45, 7) is 10.4. The number of aromatic nitrogens is 2. The van der Waals surface area contributed by atoms with Gasteiger partial charge in [-0.25, -0.2) is 4.98 Å². The Morgan fingerprint density at radius 1 is 1.46 bits per heavy atom. The predicted molar refractivity (Wildman–Crippen MR) is 112 cm³/mol. The second-order valence-electron chi connectivity index (χ2n) is 7.83. The normalized spacial score (nSPS) is 18.8. The van der Waals surface area contributed by atoms with Crippen molar-refractivity contribution in [3.63, 3.8) is 0 Å². The third kappa shape index (κ3) is 4.30. The highest BCUT2D eigenvalue weighted by Crippen LogP contribution is 2.41. The van der Waals surface area contributed by atoms with Crippen LogP contribution in [0.4, 0.5) is 5.69 Å². The monoisotopic (exact) mass is 396 g/mol. The third-order valence-corrected chi connectivity index (χ3v) is 6.11. The van der Waals surface area contributed by atoms with Crippen LogP contribution < -0.4 is 5.32 Å². The minimum absolute atomic E-state index is 0.105. The first-order valence-corrected chi connectivity index (χ1v) is 10.3. The fourth-order valence-electron chi connectivity index (χ4n) is 3.50. The molecule has 7 heteroatoms. The molecule has 1 aliphatic heterocycles. The summed E-state index contributed by atoms with van der Waals surface area (Å²) >= 11 is 8.54. The van der Waals surface area contributed by atoms with Crippen LogP contribution in [0.5, 0.6) is 0 Å². The van der Waals surface area contributed by atoms with Gasteiger partial charge in [0.15, 0.2) is 5.16 Å². The Labute approximate surface area is 165 Å². The Morgan fingerprint density at radius 3 is 2.88 bits per heavy atom. The molecule has 0 saturated carbocycles. The SMILES string of the molecule is CNc1c(Cl)c(C2CCN(CCOC)C2)cc2nc(SC(C)(C)C)[nH]c12. The van der Waals surface area contributed by atoms with Gasteiger partial charge in [-0.15, -0.1) is 0 Å². The largest absolute Gasteiger partial charge is 0.385 e. The highest BCUT2D eigenvalue weighted by molar-refractivity contribution is 8.00. The molecule has 26 heavy (non-hydrogen) atoms. The van der Waals surface area contributed by atoms with Gasteiger partial charge in [-0.3, -0.25) is 0 Å². The molecule has 2 aromatic rings. The van der Waals surface area contributed by atoms with Crippen LogP contribution in [-0.4, -0.2) is 60.0 Å². The van der Waals surface area contributed by atoms with Crippen molar-refractivity contribution in [2.75, 3.05) is 45.7 Å². The Balaban J connectivity index is 1.92. The molecule has 0 aliphatic carbocycles. The maximum atomic E-state index is 6.80. The van der Waals surface area contributed by atoms with E-state index in [1.807, 2.05) is 7.05 Å². The number of halogens is 1. The molecule has 2 heterocycles. The lowest BCUT2D eigenvalue weighted by molar-refractivity contribution is 0.160. The quantitative estimate of drug-likeness (QED) is 0.699. The van der Waals surface area contributed by atoms with Gasteiger partial charge in [-0.05, 0) is 30.5 Å². The average molecular weight is 397 g/mol. The fourth-order valence-corrected chi connectivity index (χ4v) is 4.78. The van der Waals surface area contributed by atoms with Gasteiger partial charge in [0.05, 0.1) is 28.4 Å². The van der Waals surface area contributed by atoms with E-state index in [-0.39, 0.29) is 4.75 Å². The highest BCUT2D eigenvalue weighted by atomic mass is 35.5. The lowest BCUT2D eigenvalue weighted by Gasteiger charge is -2.17. The van der Waals surface area contributed by atoms with E-state index in [9.17, 15) is 0 Å². The van der Waals surface area contributed by atoms with Crippen LogP contribution in [0, 0.1) is 0 Å². The summed E-state index contributed by atoms with van der Waals surface area (Å²) in [5, 5.41) is 5.03. The number of methoxy groups -OCH3 is 1. The van der Waals surface area contributed by atoms with E-state index in [0.29, 0.717) is 5.92 Å². The van der Waals surface area contributed by atoms with Crippen molar-refractivity contribution >= 4 is 40.1 Å². The Morgan fingerprint density at radius 2 is 2.23 bits per heavy atom. The van der Waals surface area contributed by atoms with Crippen molar-refractivity contribution in [3.8, 4) is 0 Å². The summed E-state index contributed by atoms with van der Waals surface area (Å²) in [5.41, 5.74) is 4.11. The molecular weight excluding hydrogens is 368 g/mol. The molecular formula is C19H29ClN4OS. The van der Waals surface area contributed by atoms with E-state index in [0.717, 1.165) is 59.6 Å². The highest BCUT2D eigenvalue weighted by Gasteiger charge is 2.28. The molecule has 2 N–H and O–H groups in total. The van der Waals surface area contributed by atoms with Crippen molar-refractivity contribution in [1.29, 1.82) is 0 Å². The molecule has 1 fully saturated rings. The van der Waals surface area contributed by atoms with Crippen LogP contribution in [0.3, 0.4) is 0 Å². The van der Waals surface area contributed by atoms with Gasteiger partial charge in [0.25, 0.3) is 0 Å². The Bertz CT molecular complexity index is 771. The van der Waals surface area contributed by atoms with Crippen molar-refractivity contribution < 1.29 is 4.74 Å². The lowest BCUT2D eigenvalue weighted by atomic mass is 9.97. The number of nitrogens with zero attached hydrogens (tertiary/aromatic N) is 2. The fraction of sp³-hybridized carbons (Fsp3) is 0.632. The minimum atomic E-state index is 0.105. The van der Waals surface area contributed by atoms with Crippen LogP contribution in [0.25, 0.3) is 11.0 Å². The number of ether oxygens (including phenoxy) is 1. The number of thioether (sulfide) groups is 1. The number of imidazole rings is 1. The average Bonchev–Trinajstić information content (AvgIpc) is 3.17. The molecule has 3 rings (SSSR count).